The van der Waals surface area contributed by atoms with Gasteiger partial charge >= 0.3 is 6.03 Å². The third kappa shape index (κ3) is 6.15. The Bertz CT molecular complexity index is 1200. The van der Waals surface area contributed by atoms with Crippen molar-refractivity contribution in [3.05, 3.63) is 47.0 Å². The van der Waals surface area contributed by atoms with Gasteiger partial charge in [-0.2, -0.15) is 5.26 Å². The van der Waals surface area contributed by atoms with E-state index in [-0.39, 0.29) is 23.9 Å². The van der Waals surface area contributed by atoms with E-state index in [4.69, 9.17) is 4.74 Å². The number of nitriles is 1. The van der Waals surface area contributed by atoms with Gasteiger partial charge in [-0.25, -0.2) is 4.79 Å². The van der Waals surface area contributed by atoms with Gasteiger partial charge < -0.3 is 30.5 Å². The number of carbonyl (C=O) groups is 2. The summed E-state index contributed by atoms with van der Waals surface area (Å²) in [5.41, 5.74) is 5.15. The van der Waals surface area contributed by atoms with Gasteiger partial charge in [0, 0.05) is 42.1 Å². The molecule has 0 saturated heterocycles. The number of amides is 3. The van der Waals surface area contributed by atoms with Crippen molar-refractivity contribution in [2.75, 3.05) is 50.2 Å². The zero-order valence-corrected chi connectivity index (χ0v) is 22.1. The second-order valence-corrected chi connectivity index (χ2v) is 10.1. The van der Waals surface area contributed by atoms with Gasteiger partial charge in [-0.15, -0.1) is 0 Å². The number of benzene rings is 2. The second kappa shape index (κ2) is 11.5. The molecule has 196 valence electrons. The summed E-state index contributed by atoms with van der Waals surface area (Å²) in [7, 11) is 5.60. The van der Waals surface area contributed by atoms with Crippen LogP contribution in [0.25, 0.3) is 0 Å². The Balaban J connectivity index is 1.34. The number of aryl methyl sites for hydroxylation is 1. The highest BCUT2D eigenvalue weighted by Crippen LogP contribution is 2.35. The zero-order chi connectivity index (χ0) is 26.5. The Labute approximate surface area is 218 Å². The molecule has 2 aromatic rings. The zero-order valence-electron chi connectivity index (χ0n) is 22.1. The maximum absolute atomic E-state index is 13.0. The van der Waals surface area contributed by atoms with E-state index in [1.54, 1.807) is 18.2 Å². The molecule has 1 aliphatic heterocycles. The van der Waals surface area contributed by atoms with Gasteiger partial charge in [0.25, 0.3) is 0 Å². The van der Waals surface area contributed by atoms with Crippen molar-refractivity contribution in [1.29, 1.82) is 5.26 Å². The van der Waals surface area contributed by atoms with Crippen LogP contribution in [0.1, 0.15) is 42.4 Å². The Morgan fingerprint density at radius 2 is 1.95 bits per heavy atom. The minimum atomic E-state index is -0.124. The van der Waals surface area contributed by atoms with Crippen molar-refractivity contribution in [3.8, 4) is 11.8 Å². The molecule has 2 aliphatic rings. The van der Waals surface area contributed by atoms with Gasteiger partial charge in [0.15, 0.2) is 0 Å². The molecule has 0 radical (unpaired) electrons. The number of ether oxygens (including phenoxy) is 1. The number of urea groups is 1. The van der Waals surface area contributed by atoms with Crippen molar-refractivity contribution in [1.82, 2.24) is 9.80 Å². The lowest BCUT2D eigenvalue weighted by Crippen LogP contribution is -2.47. The van der Waals surface area contributed by atoms with Crippen molar-refractivity contribution in [2.24, 2.45) is 5.92 Å². The van der Waals surface area contributed by atoms with Crippen molar-refractivity contribution >= 4 is 29.0 Å². The minimum Gasteiger partial charge on any atom is -0.495 e. The van der Waals surface area contributed by atoms with E-state index >= 15 is 0 Å². The van der Waals surface area contributed by atoms with Gasteiger partial charge in [0.2, 0.25) is 5.91 Å². The fourth-order valence-corrected chi connectivity index (χ4v) is 5.16. The number of fused-ring (bicyclic) bond motifs is 1. The quantitative estimate of drug-likeness (QED) is 0.492. The van der Waals surface area contributed by atoms with E-state index in [9.17, 15) is 14.9 Å². The molecule has 1 saturated carbocycles. The first-order valence-corrected chi connectivity index (χ1v) is 12.8. The van der Waals surface area contributed by atoms with Crippen LogP contribution in [-0.4, -0.2) is 62.1 Å². The van der Waals surface area contributed by atoms with Crippen LogP contribution in [0.4, 0.5) is 21.9 Å². The third-order valence-electron chi connectivity index (χ3n) is 7.29. The molecule has 0 atom stereocenters. The molecule has 4 rings (SSSR count). The van der Waals surface area contributed by atoms with E-state index in [2.05, 4.69) is 39.9 Å². The number of hydrogen-bond donors (Lipinski definition) is 3. The van der Waals surface area contributed by atoms with E-state index in [0.717, 1.165) is 48.4 Å². The van der Waals surface area contributed by atoms with Gasteiger partial charge in [-0.3, -0.25) is 4.79 Å². The van der Waals surface area contributed by atoms with Crippen LogP contribution < -0.4 is 20.7 Å². The van der Waals surface area contributed by atoms with E-state index < -0.39 is 0 Å². The monoisotopic (exact) mass is 504 g/mol. The van der Waals surface area contributed by atoms with Crippen LogP contribution in [0.2, 0.25) is 0 Å². The maximum atomic E-state index is 13.0. The molecule has 3 N–H and O–H groups in total. The summed E-state index contributed by atoms with van der Waals surface area (Å²) in [6.07, 6.45) is 2.97. The predicted octanol–water partition coefficient (Wildman–Crippen LogP) is 4.39. The molecule has 2 aromatic carbocycles. The molecule has 1 heterocycles. The molecule has 3 amide bonds. The van der Waals surface area contributed by atoms with Crippen LogP contribution in [0.15, 0.2) is 30.3 Å². The predicted molar refractivity (Wildman–Crippen MR) is 145 cm³/mol. The third-order valence-corrected chi connectivity index (χ3v) is 7.29. The lowest BCUT2D eigenvalue weighted by atomic mass is 9.84. The van der Waals surface area contributed by atoms with Gasteiger partial charge in [0.1, 0.15) is 11.8 Å². The first-order chi connectivity index (χ1) is 17.8. The van der Waals surface area contributed by atoms with Gasteiger partial charge in [-0.05, 0) is 88.2 Å². The van der Waals surface area contributed by atoms with E-state index in [0.29, 0.717) is 36.4 Å². The molecule has 1 aliphatic carbocycles. The molecule has 0 aromatic heterocycles. The average molecular weight is 505 g/mol. The van der Waals surface area contributed by atoms with Crippen LogP contribution in [-0.2, 0) is 11.3 Å². The Kier molecular flexibility index (Phi) is 8.19. The van der Waals surface area contributed by atoms with Crippen molar-refractivity contribution in [2.45, 2.75) is 45.2 Å². The number of methoxy groups -OCH3 is 1. The first-order valence-electron chi connectivity index (χ1n) is 12.8. The SMILES string of the molecule is COc1ccc(NC(=O)C2CCC(N3Cc4c(C)cc(NCCN(C)C)cc4NC3=O)CC2)cc1C#N. The topological polar surface area (TPSA) is 110 Å². The Morgan fingerprint density at radius 3 is 2.62 bits per heavy atom. The van der Waals surface area contributed by atoms with Crippen LogP contribution in [0, 0.1) is 24.2 Å². The highest BCUT2D eigenvalue weighted by Gasteiger charge is 2.34. The molecule has 0 bridgehead atoms. The highest BCUT2D eigenvalue weighted by molar-refractivity contribution is 5.94. The van der Waals surface area contributed by atoms with Crippen molar-refractivity contribution in [3.63, 3.8) is 0 Å². The number of nitrogens with one attached hydrogen (secondary N) is 3. The molecule has 9 nitrogen and oxygen atoms in total. The Morgan fingerprint density at radius 1 is 1.19 bits per heavy atom. The number of nitrogens with zero attached hydrogens (tertiary/aromatic N) is 3. The summed E-state index contributed by atoms with van der Waals surface area (Å²) in [4.78, 5) is 30.0. The summed E-state index contributed by atoms with van der Waals surface area (Å²) in [5, 5.41) is 18.8. The molecule has 0 unspecified atom stereocenters. The molecule has 9 heteroatoms. The number of rotatable bonds is 8. The molecule has 0 spiro atoms. The second-order valence-electron chi connectivity index (χ2n) is 10.1. The number of carbonyl (C=O) groups excluding carboxylic acids is 2. The van der Waals surface area contributed by atoms with Crippen LogP contribution in [0.5, 0.6) is 5.75 Å². The molecular formula is C28H36N6O3. The summed E-state index contributed by atoms with van der Waals surface area (Å²) >= 11 is 0. The lowest BCUT2D eigenvalue weighted by Gasteiger charge is -2.39. The summed E-state index contributed by atoms with van der Waals surface area (Å²) in [6, 6.07) is 11.3. The number of likely N-dealkylation sites (N-methyl/N-ethyl adjacent to an activating group) is 1. The standard InChI is InChI=1S/C28H36N6O3/c1-18-13-22(30-11-12-33(2)3)15-25-24(18)17-34(28(36)32-25)23-8-5-19(6-9-23)27(35)31-21-7-10-26(37-4)20(14-21)16-29/h7,10,13-15,19,23,30H,5-6,8-9,11-12,17H2,1-4H3,(H,31,35)(H,32,36). The van der Waals surface area contributed by atoms with Crippen molar-refractivity contribution < 1.29 is 14.3 Å². The van der Waals surface area contributed by atoms with Crippen LogP contribution >= 0.6 is 0 Å². The molecule has 37 heavy (non-hydrogen) atoms. The first kappa shape index (κ1) is 26.3. The highest BCUT2D eigenvalue weighted by atomic mass is 16.5. The number of anilines is 3. The Hall–Kier alpha value is -3.77. The molecular weight excluding hydrogens is 468 g/mol. The normalized spacial score (nSPS) is 19.0. The van der Waals surface area contributed by atoms with Crippen LogP contribution in [0.3, 0.4) is 0 Å². The van der Waals surface area contributed by atoms with Gasteiger partial charge in [-0.1, -0.05) is 0 Å². The number of hydrogen-bond acceptors (Lipinski definition) is 6. The average Bonchev–Trinajstić information content (AvgIpc) is 2.88. The van der Waals surface area contributed by atoms with Gasteiger partial charge in [0.05, 0.1) is 19.2 Å². The minimum absolute atomic E-state index is 0.0499. The summed E-state index contributed by atoms with van der Waals surface area (Å²) in [6.45, 7) is 4.43. The molecule has 1 fully saturated rings. The fourth-order valence-electron chi connectivity index (χ4n) is 5.16. The smallest absolute Gasteiger partial charge is 0.322 e. The fraction of sp³-hybridized carbons (Fsp3) is 0.464. The summed E-state index contributed by atoms with van der Waals surface area (Å²) in [5.74, 6) is 0.307. The largest absolute Gasteiger partial charge is 0.495 e. The maximum Gasteiger partial charge on any atom is 0.322 e. The summed E-state index contributed by atoms with van der Waals surface area (Å²) < 4.78 is 5.17. The lowest BCUT2D eigenvalue weighted by molar-refractivity contribution is -0.121. The van der Waals surface area contributed by atoms with E-state index in [1.165, 1.54) is 7.11 Å². The van der Waals surface area contributed by atoms with E-state index in [1.807, 2.05) is 25.1 Å².